The number of halogens is 2. The maximum atomic E-state index is 13.5. The van der Waals surface area contributed by atoms with Gasteiger partial charge in [-0.05, 0) is 58.4 Å². The fourth-order valence-corrected chi connectivity index (χ4v) is 6.81. The second kappa shape index (κ2) is 14.1. The van der Waals surface area contributed by atoms with Gasteiger partial charge in [0.25, 0.3) is 0 Å². The molecule has 2 aliphatic heterocycles. The third kappa shape index (κ3) is 8.46. The lowest BCUT2D eigenvalue weighted by Gasteiger charge is -2.28. The molecule has 0 fully saturated rings. The summed E-state index contributed by atoms with van der Waals surface area (Å²) in [4.78, 5) is 20.1. The summed E-state index contributed by atoms with van der Waals surface area (Å²) in [7, 11) is -3.73. The lowest BCUT2D eigenvalue weighted by molar-refractivity contribution is -0.116. The van der Waals surface area contributed by atoms with Crippen molar-refractivity contribution >= 4 is 54.8 Å². The number of amides is 1. The van der Waals surface area contributed by atoms with Crippen LogP contribution >= 0.6 is 22.1 Å². The summed E-state index contributed by atoms with van der Waals surface area (Å²) in [6.07, 6.45) is 6.30. The normalized spacial score (nSPS) is 16.0. The number of nitrogens with zero attached hydrogens (tertiary/aromatic N) is 2. The highest BCUT2D eigenvalue weighted by Crippen LogP contribution is 2.37. The lowest BCUT2D eigenvalue weighted by atomic mass is 10.1. The highest BCUT2D eigenvalue weighted by atomic mass is 35.5. The van der Waals surface area contributed by atoms with E-state index < -0.39 is 20.3 Å². The van der Waals surface area contributed by atoms with Crippen LogP contribution in [-0.2, 0) is 27.8 Å². The number of sulfone groups is 1. The molecule has 228 valence electrons. The van der Waals surface area contributed by atoms with Crippen molar-refractivity contribution < 1.29 is 22.3 Å². The molecule has 0 spiro atoms. The number of aliphatic imine (C=N–C) groups is 1. The molecule has 1 atom stereocenters. The van der Waals surface area contributed by atoms with Gasteiger partial charge < -0.3 is 20.3 Å². The van der Waals surface area contributed by atoms with Crippen LogP contribution in [0.2, 0.25) is 5.02 Å². The summed E-state index contributed by atoms with van der Waals surface area (Å²) in [6.45, 7) is 0.806. The lowest BCUT2D eigenvalue weighted by Crippen LogP contribution is -2.33. The molecule has 1 unspecified atom stereocenters. The van der Waals surface area contributed by atoms with Crippen LogP contribution in [0.5, 0.6) is 5.75 Å². The summed E-state index contributed by atoms with van der Waals surface area (Å²) >= 11 is 6.52. The van der Waals surface area contributed by atoms with Gasteiger partial charge in [0.2, 0.25) is 5.91 Å². The summed E-state index contributed by atoms with van der Waals surface area (Å²) in [6, 6.07) is 21.5. The van der Waals surface area contributed by atoms with E-state index in [2.05, 4.69) is 15.5 Å². The molecular weight excluding hydrogens is 623 g/mol. The second-order valence-electron chi connectivity index (χ2n) is 10.0. The monoisotopic (exact) mass is 652 g/mol. The predicted octanol–water partition coefficient (Wildman–Crippen LogP) is 5.83. The average Bonchev–Trinajstić information content (AvgIpc) is 3.42. The predicted molar refractivity (Wildman–Crippen MR) is 177 cm³/mol. The first-order valence-electron chi connectivity index (χ1n) is 13.6. The molecule has 0 aromatic heterocycles. The Kier molecular flexibility index (Phi) is 9.99. The smallest absolute Gasteiger partial charge is 0.244 e. The number of nitrogens with one attached hydrogen (secondary N) is 2. The first-order chi connectivity index (χ1) is 21.1. The van der Waals surface area contributed by atoms with Crippen LogP contribution in [0.15, 0.2) is 112 Å². The summed E-state index contributed by atoms with van der Waals surface area (Å²) < 4.78 is 42.1. The molecular formula is C32H30ClFN4O4S2. The molecule has 2 N–H and O–H groups in total. The van der Waals surface area contributed by atoms with Gasteiger partial charge in [0.05, 0.1) is 22.1 Å². The number of carbonyl (C=O) groups is 1. The van der Waals surface area contributed by atoms with Crippen LogP contribution < -0.4 is 15.4 Å². The molecule has 0 saturated carbocycles. The molecule has 1 amide bonds. The van der Waals surface area contributed by atoms with Crippen molar-refractivity contribution in [3.63, 3.8) is 0 Å². The van der Waals surface area contributed by atoms with Crippen molar-refractivity contribution in [1.82, 2.24) is 10.2 Å². The number of benzene rings is 3. The third-order valence-electron chi connectivity index (χ3n) is 6.49. The molecule has 5 rings (SSSR count). The zero-order chi connectivity index (χ0) is 31.1. The molecule has 2 heterocycles. The number of carbonyl (C=O) groups excluding carboxylic acids is 1. The van der Waals surface area contributed by atoms with E-state index in [-0.39, 0.29) is 30.6 Å². The van der Waals surface area contributed by atoms with E-state index in [0.717, 1.165) is 22.4 Å². The summed E-state index contributed by atoms with van der Waals surface area (Å²) in [5.41, 5.74) is 3.36. The topological polar surface area (TPSA) is 100 Å². The third-order valence-corrected chi connectivity index (χ3v) is 9.49. The zero-order valence-electron chi connectivity index (χ0n) is 23.7. The molecule has 0 aliphatic carbocycles. The van der Waals surface area contributed by atoms with Crippen LogP contribution in [0.25, 0.3) is 0 Å². The molecule has 12 heteroatoms. The Hall–Kier alpha value is -4.19. The molecule has 0 bridgehead atoms. The standard InChI is InChI=1S/C32H30ClFN4O4S2/c1-44(40,41)17-14-35-30(39)13-16-43-15-12-27-31(36-22-38(32(27)43)20-23-6-3-2-4-7-23)37-26-10-11-29(28(33)19-26)42-21-24-8-5-9-25(34)18-24/h2-13,15-16,18-19,22,37H,14,17,20-21H2,1H3,(H,35,39)/b16-13+. The van der Waals surface area contributed by atoms with E-state index >= 15 is 0 Å². The van der Waals surface area contributed by atoms with Crippen LogP contribution in [0.1, 0.15) is 11.1 Å². The summed E-state index contributed by atoms with van der Waals surface area (Å²) in [5.74, 6) is 0.272. The molecule has 2 aliphatic rings. The van der Waals surface area contributed by atoms with Gasteiger partial charge in [0.1, 0.15) is 33.8 Å². The van der Waals surface area contributed by atoms with Crippen molar-refractivity contribution in [2.45, 2.75) is 13.2 Å². The molecule has 3 aromatic carbocycles. The Morgan fingerprint density at radius 3 is 2.64 bits per heavy atom. The van der Waals surface area contributed by atoms with Gasteiger partial charge >= 0.3 is 0 Å². The van der Waals surface area contributed by atoms with Crippen molar-refractivity contribution in [3.05, 3.63) is 129 Å². The van der Waals surface area contributed by atoms with Gasteiger partial charge in [-0.2, -0.15) is 0 Å². The summed E-state index contributed by atoms with van der Waals surface area (Å²) in [5, 5.41) is 10.2. The Balaban J connectivity index is 1.35. The van der Waals surface area contributed by atoms with Gasteiger partial charge in [0.15, 0.2) is 0 Å². The molecule has 8 nitrogen and oxygen atoms in total. The maximum absolute atomic E-state index is 13.5. The van der Waals surface area contributed by atoms with E-state index in [1.165, 1.54) is 18.2 Å². The molecule has 0 saturated heterocycles. The number of fused-ring (bicyclic) bond motifs is 1. The Bertz CT molecular complexity index is 1820. The van der Waals surface area contributed by atoms with Crippen LogP contribution in [0.4, 0.5) is 10.1 Å². The van der Waals surface area contributed by atoms with Gasteiger partial charge in [-0.25, -0.2) is 17.8 Å². The van der Waals surface area contributed by atoms with Gasteiger partial charge in [0, 0.05) is 36.7 Å². The van der Waals surface area contributed by atoms with Crippen LogP contribution in [0.3, 0.4) is 0 Å². The van der Waals surface area contributed by atoms with Crippen molar-refractivity contribution in [2.24, 2.45) is 4.99 Å². The maximum Gasteiger partial charge on any atom is 0.244 e. The second-order valence-corrected chi connectivity index (χ2v) is 14.4. The first kappa shape index (κ1) is 31.2. The number of anilines is 1. The highest BCUT2D eigenvalue weighted by Gasteiger charge is 2.26. The van der Waals surface area contributed by atoms with E-state index in [1.807, 2.05) is 53.3 Å². The fraction of sp³-hybridized carbons (Fsp3) is 0.156. The van der Waals surface area contributed by atoms with Crippen molar-refractivity contribution in [2.75, 3.05) is 23.9 Å². The molecule has 44 heavy (non-hydrogen) atoms. The van der Waals surface area contributed by atoms with Crippen molar-refractivity contribution in [3.8, 4) is 5.75 Å². The number of rotatable bonds is 12. The number of hydrogen-bond acceptors (Lipinski definition) is 7. The minimum atomic E-state index is -3.17. The zero-order valence-corrected chi connectivity index (χ0v) is 26.1. The minimum absolute atomic E-state index is 0.0470. The van der Waals surface area contributed by atoms with Crippen molar-refractivity contribution in [1.29, 1.82) is 0 Å². The molecule has 3 aromatic rings. The largest absolute Gasteiger partial charge is 0.487 e. The quantitative estimate of drug-likeness (QED) is 0.189. The number of hydrogen-bond donors (Lipinski definition) is 2. The van der Waals surface area contributed by atoms with E-state index in [0.29, 0.717) is 34.4 Å². The Morgan fingerprint density at radius 2 is 1.89 bits per heavy atom. The fourth-order valence-electron chi connectivity index (χ4n) is 4.40. The van der Waals surface area contributed by atoms with Crippen LogP contribution in [-0.4, -0.2) is 49.1 Å². The van der Waals surface area contributed by atoms with Gasteiger partial charge in [-0.15, -0.1) is 10.5 Å². The van der Waals surface area contributed by atoms with Gasteiger partial charge in [-0.1, -0.05) is 54.1 Å². The van der Waals surface area contributed by atoms with Crippen LogP contribution in [0, 0.1) is 5.82 Å². The SMILES string of the molecule is CS(=O)(=O)CCNC(=O)/C=C/S1=C2C(=C(Nc3ccc(OCc4cccc(F)c4)c(Cl)c3)N=CN2Cc2ccccc2)C=C1. The minimum Gasteiger partial charge on any atom is -0.487 e. The highest BCUT2D eigenvalue weighted by molar-refractivity contribution is 8.21. The Labute approximate surface area is 263 Å². The van der Waals surface area contributed by atoms with E-state index in [1.54, 1.807) is 30.6 Å². The number of ether oxygens (including phenoxy) is 1. The Morgan fingerprint density at radius 1 is 1.09 bits per heavy atom. The van der Waals surface area contributed by atoms with E-state index in [4.69, 9.17) is 21.3 Å². The average molecular weight is 653 g/mol. The first-order valence-corrected chi connectivity index (χ1v) is 17.4. The van der Waals surface area contributed by atoms with Gasteiger partial charge in [-0.3, -0.25) is 4.79 Å². The van der Waals surface area contributed by atoms with E-state index in [9.17, 15) is 17.6 Å². The molecule has 0 radical (unpaired) electrons.